The lowest BCUT2D eigenvalue weighted by Crippen LogP contribution is -2.58. The number of hydrogen-bond donors (Lipinski definition) is 2. The first kappa shape index (κ1) is 36.2. The Balaban J connectivity index is 1.45. The number of morpholine rings is 1. The van der Waals surface area contributed by atoms with Crippen LogP contribution in [-0.4, -0.2) is 131 Å². The maximum Gasteiger partial charge on any atom is 0.312 e. The number of ether oxygens (including phenoxy) is 3. The fourth-order valence-corrected chi connectivity index (χ4v) is 8.53. The van der Waals surface area contributed by atoms with E-state index in [0.29, 0.717) is 44.7 Å². The first-order valence-electron chi connectivity index (χ1n) is 16.7. The number of halogens is 1. The van der Waals surface area contributed by atoms with Crippen LogP contribution in [0.5, 0.6) is 0 Å². The summed E-state index contributed by atoms with van der Waals surface area (Å²) < 4.78 is 18.0. The Morgan fingerprint density at radius 2 is 1.94 bits per heavy atom. The zero-order chi connectivity index (χ0) is 34.4. The molecule has 2 bridgehead atoms. The number of hydrogen-bond acceptors (Lipinski definition) is 9. The molecule has 8 atom stereocenters. The van der Waals surface area contributed by atoms with E-state index in [9.17, 15) is 24.3 Å². The highest BCUT2D eigenvalue weighted by Gasteiger charge is 2.77. The van der Waals surface area contributed by atoms with E-state index >= 15 is 0 Å². The number of esters is 1. The number of alkyl halides is 1. The van der Waals surface area contributed by atoms with Crippen LogP contribution >= 0.6 is 15.9 Å². The minimum absolute atomic E-state index is 0.106. The molecule has 4 heterocycles. The number of allylic oxidation sites excluding steroid dienone is 1. The Labute approximate surface area is 290 Å². The molecule has 0 aromatic heterocycles. The molecule has 4 saturated heterocycles. The molecule has 262 valence electrons. The Morgan fingerprint density at radius 3 is 2.60 bits per heavy atom. The standard InChI is InChI=1S/C35H47BrN4O8/c1-4-6-12-27(42)37-21-23(3)47-34(45)28-29-32(43)40(26(22-41)24-10-8-7-9-11-24)31(35(29)20-25(36)30(28)48-35)33(44)39(13-5-2)15-14-38-16-18-46-19-17-38/h4-5,7-11,23,25-26,28-31,41H,1-2,6,12-22H2,3H3,(H,37,42)/t23-,25?,26+,28+,29-,30+,31+,35-/m0/s1. The predicted octanol–water partition coefficient (Wildman–Crippen LogP) is 1.83. The average molecular weight is 732 g/mol. The highest BCUT2D eigenvalue weighted by atomic mass is 79.9. The molecule has 0 radical (unpaired) electrons. The minimum atomic E-state index is -1.33. The van der Waals surface area contributed by atoms with Gasteiger partial charge in [0, 0.05) is 44.0 Å². The van der Waals surface area contributed by atoms with Gasteiger partial charge in [0.05, 0.1) is 50.3 Å². The van der Waals surface area contributed by atoms with E-state index in [4.69, 9.17) is 14.2 Å². The number of aliphatic hydroxyl groups is 1. The summed E-state index contributed by atoms with van der Waals surface area (Å²) in [5.74, 6) is -3.56. The van der Waals surface area contributed by atoms with Crippen LogP contribution in [0.3, 0.4) is 0 Å². The van der Waals surface area contributed by atoms with Crippen LogP contribution in [0, 0.1) is 11.8 Å². The van der Waals surface area contributed by atoms with E-state index in [-0.39, 0.29) is 36.2 Å². The second-order valence-corrected chi connectivity index (χ2v) is 14.1. The molecule has 12 nitrogen and oxygen atoms in total. The summed E-state index contributed by atoms with van der Waals surface area (Å²) in [6.07, 6.45) is 3.07. The second kappa shape index (κ2) is 16.1. The van der Waals surface area contributed by atoms with Gasteiger partial charge in [0.25, 0.3) is 0 Å². The van der Waals surface area contributed by atoms with Gasteiger partial charge >= 0.3 is 5.97 Å². The number of fused-ring (bicyclic) bond motifs is 1. The van der Waals surface area contributed by atoms with Crippen molar-refractivity contribution in [3.63, 3.8) is 0 Å². The van der Waals surface area contributed by atoms with Crippen LogP contribution in [0.1, 0.15) is 37.8 Å². The van der Waals surface area contributed by atoms with Gasteiger partial charge in [-0.1, -0.05) is 58.4 Å². The number of carbonyl (C=O) groups is 4. The van der Waals surface area contributed by atoms with Crippen molar-refractivity contribution in [2.75, 3.05) is 59.1 Å². The zero-order valence-electron chi connectivity index (χ0n) is 27.5. The molecule has 4 fully saturated rings. The van der Waals surface area contributed by atoms with Crippen molar-refractivity contribution in [1.82, 2.24) is 20.0 Å². The quantitative estimate of drug-likeness (QED) is 0.148. The Kier molecular flexibility index (Phi) is 12.1. The molecule has 1 spiro atoms. The largest absolute Gasteiger partial charge is 0.460 e. The number of rotatable bonds is 16. The van der Waals surface area contributed by atoms with E-state index in [1.54, 1.807) is 24.0 Å². The van der Waals surface area contributed by atoms with Gasteiger partial charge in [-0.3, -0.25) is 24.1 Å². The Morgan fingerprint density at radius 1 is 1.21 bits per heavy atom. The van der Waals surface area contributed by atoms with Gasteiger partial charge in [0.1, 0.15) is 17.7 Å². The molecule has 4 aliphatic rings. The molecule has 0 aliphatic carbocycles. The van der Waals surface area contributed by atoms with E-state index in [2.05, 4.69) is 39.3 Å². The molecule has 1 aromatic carbocycles. The van der Waals surface area contributed by atoms with Gasteiger partial charge in [-0.05, 0) is 25.3 Å². The molecule has 3 amide bonds. The number of nitrogens with one attached hydrogen (secondary N) is 1. The Bertz CT molecular complexity index is 1340. The minimum Gasteiger partial charge on any atom is -0.460 e. The van der Waals surface area contributed by atoms with Crippen molar-refractivity contribution in [2.45, 2.75) is 60.9 Å². The molecule has 5 rings (SSSR count). The summed E-state index contributed by atoms with van der Waals surface area (Å²) in [6.45, 7) is 12.9. The van der Waals surface area contributed by atoms with E-state index in [1.807, 2.05) is 30.3 Å². The van der Waals surface area contributed by atoms with Crippen molar-refractivity contribution >= 4 is 39.6 Å². The summed E-state index contributed by atoms with van der Waals surface area (Å²) >= 11 is 3.70. The smallest absolute Gasteiger partial charge is 0.312 e. The van der Waals surface area contributed by atoms with Crippen molar-refractivity contribution in [1.29, 1.82) is 0 Å². The average Bonchev–Trinajstić information content (AvgIpc) is 3.69. The van der Waals surface area contributed by atoms with E-state index < -0.39 is 60.2 Å². The first-order valence-corrected chi connectivity index (χ1v) is 17.7. The third-order valence-corrected chi connectivity index (χ3v) is 10.7. The number of likely N-dealkylation sites (tertiary alicyclic amines) is 1. The third-order valence-electron chi connectivity index (χ3n) is 9.86. The lowest BCUT2D eigenvalue weighted by atomic mass is 9.70. The lowest BCUT2D eigenvalue weighted by molar-refractivity contribution is -0.160. The summed E-state index contributed by atoms with van der Waals surface area (Å²) in [4.78, 5) is 60.6. The van der Waals surface area contributed by atoms with Crippen molar-refractivity contribution < 1.29 is 38.5 Å². The van der Waals surface area contributed by atoms with Crippen LogP contribution in [0.4, 0.5) is 0 Å². The van der Waals surface area contributed by atoms with Crippen LogP contribution in [0.2, 0.25) is 0 Å². The van der Waals surface area contributed by atoms with Crippen LogP contribution < -0.4 is 5.32 Å². The van der Waals surface area contributed by atoms with Gasteiger partial charge in [-0.2, -0.15) is 0 Å². The van der Waals surface area contributed by atoms with Crippen LogP contribution in [0.15, 0.2) is 55.6 Å². The second-order valence-electron chi connectivity index (χ2n) is 12.9. The third kappa shape index (κ3) is 7.25. The fourth-order valence-electron chi connectivity index (χ4n) is 7.59. The highest BCUT2D eigenvalue weighted by molar-refractivity contribution is 9.09. The fraction of sp³-hybridized carbons (Fsp3) is 0.600. The van der Waals surface area contributed by atoms with Gasteiger partial charge in [-0.15, -0.1) is 13.2 Å². The number of amides is 3. The molecule has 0 saturated carbocycles. The zero-order valence-corrected chi connectivity index (χ0v) is 29.1. The maximum absolute atomic E-state index is 14.8. The van der Waals surface area contributed by atoms with Gasteiger partial charge in [0.2, 0.25) is 17.7 Å². The summed E-state index contributed by atoms with van der Waals surface area (Å²) in [5, 5.41) is 13.5. The number of nitrogens with zero attached hydrogens (tertiary/aromatic N) is 3. The first-order chi connectivity index (χ1) is 23.2. The summed E-state index contributed by atoms with van der Waals surface area (Å²) in [6, 6.07) is 7.13. The molecule has 1 aromatic rings. The maximum atomic E-state index is 14.8. The van der Waals surface area contributed by atoms with Gasteiger partial charge < -0.3 is 34.4 Å². The molecule has 1 unspecified atom stereocenters. The molecular formula is C35H47BrN4O8. The van der Waals surface area contributed by atoms with Crippen molar-refractivity contribution in [2.24, 2.45) is 11.8 Å². The molecule has 48 heavy (non-hydrogen) atoms. The molecule has 2 N–H and O–H groups in total. The van der Waals surface area contributed by atoms with Crippen LogP contribution in [-0.2, 0) is 33.4 Å². The van der Waals surface area contributed by atoms with Gasteiger partial charge in [-0.25, -0.2) is 0 Å². The number of aliphatic hydroxyl groups excluding tert-OH is 1. The molecular weight excluding hydrogens is 684 g/mol. The number of benzene rings is 1. The molecule has 13 heteroatoms. The van der Waals surface area contributed by atoms with Crippen LogP contribution in [0.25, 0.3) is 0 Å². The topological polar surface area (TPSA) is 138 Å². The monoisotopic (exact) mass is 730 g/mol. The summed E-state index contributed by atoms with van der Waals surface area (Å²) in [7, 11) is 0. The number of carbonyl (C=O) groups excluding carboxylic acids is 4. The normalized spacial score (nSPS) is 29.2. The molecule has 4 aliphatic heterocycles. The highest BCUT2D eigenvalue weighted by Crippen LogP contribution is 2.61. The SMILES string of the molecule is C=CCCC(=O)NC[C@H](C)OC(=O)[C@H]1[C@@H]2O[C@@]3(CC2Br)[C@@H]1C(=O)N([C@H](CO)c1ccccc1)[C@@H]3C(=O)N(CC=C)CCN1CCOCC1. The van der Waals surface area contributed by atoms with Crippen molar-refractivity contribution in [3.8, 4) is 0 Å². The van der Waals surface area contributed by atoms with Crippen molar-refractivity contribution in [3.05, 3.63) is 61.2 Å². The summed E-state index contributed by atoms with van der Waals surface area (Å²) in [5.41, 5.74) is -0.671. The Hall–Kier alpha value is -3.10. The van der Waals surface area contributed by atoms with E-state index in [0.717, 1.165) is 13.1 Å². The van der Waals surface area contributed by atoms with Gasteiger partial charge in [0.15, 0.2) is 0 Å². The lowest BCUT2D eigenvalue weighted by Gasteiger charge is -2.40. The predicted molar refractivity (Wildman–Crippen MR) is 181 cm³/mol. The van der Waals surface area contributed by atoms with E-state index in [1.165, 1.54) is 4.90 Å².